The molecule has 19 heavy (non-hydrogen) atoms. The Morgan fingerprint density at radius 1 is 1.53 bits per heavy atom. The van der Waals surface area contributed by atoms with E-state index in [1.54, 1.807) is 48.7 Å². The third-order valence-electron chi connectivity index (χ3n) is 2.62. The Morgan fingerprint density at radius 2 is 2.32 bits per heavy atom. The first kappa shape index (κ1) is 14.0. The molecule has 0 unspecified atom stereocenters. The number of anilines is 1. The highest BCUT2D eigenvalue weighted by atomic mass is 79.9. The summed E-state index contributed by atoms with van der Waals surface area (Å²) in [6.07, 6.45) is 1.63. The van der Waals surface area contributed by atoms with E-state index in [9.17, 15) is 4.79 Å². The Hall–Kier alpha value is -1.40. The molecule has 1 N–H and O–H groups in total. The third-order valence-corrected chi connectivity index (χ3v) is 4.31. The third kappa shape index (κ3) is 3.54. The molecular formula is C13H14BrN3OS. The molecule has 2 rings (SSSR count). The van der Waals surface area contributed by atoms with E-state index in [1.807, 2.05) is 11.4 Å². The Balaban J connectivity index is 2.09. The van der Waals surface area contributed by atoms with Gasteiger partial charge in [-0.2, -0.15) is 0 Å². The van der Waals surface area contributed by atoms with Gasteiger partial charge in [0.25, 0.3) is 5.91 Å². The standard InChI is InChI=1S/C13H14BrN3OS/c1-15-12-5-9(3-4-16-12)13(18)17(2)7-11-6-10(14)8-19-11/h3-6,8H,7H2,1-2H3,(H,15,16). The molecule has 0 bridgehead atoms. The lowest BCUT2D eigenvalue weighted by atomic mass is 10.2. The summed E-state index contributed by atoms with van der Waals surface area (Å²) in [6.45, 7) is 0.603. The van der Waals surface area contributed by atoms with Crippen molar-refractivity contribution >= 4 is 39.0 Å². The van der Waals surface area contributed by atoms with E-state index in [0.29, 0.717) is 17.9 Å². The van der Waals surface area contributed by atoms with Crippen LogP contribution in [0.1, 0.15) is 15.2 Å². The molecule has 1 amide bonds. The van der Waals surface area contributed by atoms with E-state index < -0.39 is 0 Å². The summed E-state index contributed by atoms with van der Waals surface area (Å²) in [5.41, 5.74) is 0.637. The fraction of sp³-hybridized carbons (Fsp3) is 0.231. The van der Waals surface area contributed by atoms with Crippen molar-refractivity contribution in [1.82, 2.24) is 9.88 Å². The second kappa shape index (κ2) is 6.16. The van der Waals surface area contributed by atoms with E-state index in [2.05, 4.69) is 26.2 Å². The highest BCUT2D eigenvalue weighted by molar-refractivity contribution is 9.10. The highest BCUT2D eigenvalue weighted by Crippen LogP contribution is 2.21. The van der Waals surface area contributed by atoms with Crippen LogP contribution in [0.15, 0.2) is 34.2 Å². The Morgan fingerprint density at radius 3 is 2.95 bits per heavy atom. The van der Waals surface area contributed by atoms with Crippen molar-refractivity contribution in [3.05, 3.63) is 44.7 Å². The molecule has 0 radical (unpaired) electrons. The number of aromatic nitrogens is 1. The van der Waals surface area contributed by atoms with Crippen LogP contribution >= 0.6 is 27.3 Å². The largest absolute Gasteiger partial charge is 0.373 e. The molecule has 0 fully saturated rings. The molecule has 0 aliphatic carbocycles. The highest BCUT2D eigenvalue weighted by Gasteiger charge is 2.13. The van der Waals surface area contributed by atoms with E-state index >= 15 is 0 Å². The molecule has 2 heterocycles. The average Bonchev–Trinajstić information content (AvgIpc) is 2.83. The molecule has 6 heteroatoms. The van der Waals surface area contributed by atoms with E-state index in [0.717, 1.165) is 9.35 Å². The minimum absolute atomic E-state index is 0.0107. The van der Waals surface area contributed by atoms with Crippen molar-refractivity contribution in [2.75, 3.05) is 19.4 Å². The van der Waals surface area contributed by atoms with Gasteiger partial charge in [0, 0.05) is 40.6 Å². The van der Waals surface area contributed by atoms with Crippen LogP contribution in [0.25, 0.3) is 0 Å². The zero-order valence-corrected chi connectivity index (χ0v) is 13.1. The maximum atomic E-state index is 12.3. The minimum Gasteiger partial charge on any atom is -0.373 e. The van der Waals surface area contributed by atoms with Crippen molar-refractivity contribution in [2.45, 2.75) is 6.54 Å². The number of halogens is 1. The van der Waals surface area contributed by atoms with Gasteiger partial charge in [-0.05, 0) is 34.1 Å². The van der Waals surface area contributed by atoms with Gasteiger partial charge in [0.1, 0.15) is 5.82 Å². The van der Waals surface area contributed by atoms with Gasteiger partial charge >= 0.3 is 0 Å². The number of nitrogens with one attached hydrogen (secondary N) is 1. The Kier molecular flexibility index (Phi) is 4.55. The van der Waals surface area contributed by atoms with Gasteiger partial charge in [-0.15, -0.1) is 11.3 Å². The SMILES string of the molecule is CNc1cc(C(=O)N(C)Cc2cc(Br)cs2)ccn1. The molecule has 0 saturated carbocycles. The Labute approximate surface area is 124 Å². The van der Waals surface area contributed by atoms with Crippen molar-refractivity contribution in [3.63, 3.8) is 0 Å². The number of rotatable bonds is 4. The van der Waals surface area contributed by atoms with Gasteiger partial charge in [-0.1, -0.05) is 0 Å². The topological polar surface area (TPSA) is 45.2 Å². The maximum Gasteiger partial charge on any atom is 0.254 e. The lowest BCUT2D eigenvalue weighted by molar-refractivity contribution is 0.0786. The number of amides is 1. The number of hydrogen-bond donors (Lipinski definition) is 1. The van der Waals surface area contributed by atoms with Crippen molar-refractivity contribution in [1.29, 1.82) is 0 Å². The monoisotopic (exact) mass is 339 g/mol. The zero-order chi connectivity index (χ0) is 13.8. The first-order valence-electron chi connectivity index (χ1n) is 5.72. The van der Waals surface area contributed by atoms with Gasteiger partial charge in [0.05, 0.1) is 6.54 Å². The fourth-order valence-corrected chi connectivity index (χ4v) is 3.17. The van der Waals surface area contributed by atoms with Crippen LogP contribution in [0.5, 0.6) is 0 Å². The van der Waals surface area contributed by atoms with Gasteiger partial charge in [0.2, 0.25) is 0 Å². The molecule has 0 atom stereocenters. The smallest absolute Gasteiger partial charge is 0.254 e. The van der Waals surface area contributed by atoms with Crippen LogP contribution in [-0.2, 0) is 6.54 Å². The molecule has 0 aromatic carbocycles. The lowest BCUT2D eigenvalue weighted by Gasteiger charge is -2.16. The molecule has 2 aromatic heterocycles. The number of hydrogen-bond acceptors (Lipinski definition) is 4. The Bertz CT molecular complexity index is 585. The van der Waals surface area contributed by atoms with Gasteiger partial charge < -0.3 is 10.2 Å². The molecular weight excluding hydrogens is 326 g/mol. The van der Waals surface area contributed by atoms with Gasteiger partial charge in [0.15, 0.2) is 0 Å². The summed E-state index contributed by atoms with van der Waals surface area (Å²) >= 11 is 5.05. The minimum atomic E-state index is -0.0107. The lowest BCUT2D eigenvalue weighted by Crippen LogP contribution is -2.25. The summed E-state index contributed by atoms with van der Waals surface area (Å²) in [7, 11) is 3.58. The van der Waals surface area contributed by atoms with Crippen molar-refractivity contribution < 1.29 is 4.79 Å². The predicted octanol–water partition coefficient (Wildman–Crippen LogP) is 3.22. The summed E-state index contributed by atoms with van der Waals surface area (Å²) in [5, 5.41) is 4.94. The fourth-order valence-electron chi connectivity index (χ4n) is 1.66. The van der Waals surface area contributed by atoms with Crippen molar-refractivity contribution in [3.8, 4) is 0 Å². The summed E-state index contributed by atoms with van der Waals surface area (Å²) in [6, 6.07) is 5.51. The van der Waals surface area contributed by atoms with Crippen LogP contribution < -0.4 is 5.32 Å². The number of carbonyl (C=O) groups is 1. The average molecular weight is 340 g/mol. The first-order chi connectivity index (χ1) is 9.10. The van der Waals surface area contributed by atoms with E-state index in [-0.39, 0.29) is 5.91 Å². The first-order valence-corrected chi connectivity index (χ1v) is 7.39. The van der Waals surface area contributed by atoms with Gasteiger partial charge in [-0.3, -0.25) is 4.79 Å². The number of pyridine rings is 1. The quantitative estimate of drug-likeness (QED) is 0.930. The molecule has 0 aliphatic heterocycles. The van der Waals surface area contributed by atoms with E-state index in [1.165, 1.54) is 0 Å². The van der Waals surface area contributed by atoms with Crippen LogP contribution in [0, 0.1) is 0 Å². The predicted molar refractivity (Wildman–Crippen MR) is 81.6 cm³/mol. The van der Waals surface area contributed by atoms with Crippen LogP contribution in [0.3, 0.4) is 0 Å². The molecule has 4 nitrogen and oxygen atoms in total. The van der Waals surface area contributed by atoms with E-state index in [4.69, 9.17) is 0 Å². The van der Waals surface area contributed by atoms with Crippen LogP contribution in [0.4, 0.5) is 5.82 Å². The molecule has 2 aromatic rings. The zero-order valence-electron chi connectivity index (χ0n) is 10.7. The second-order valence-electron chi connectivity index (χ2n) is 4.07. The number of thiophene rings is 1. The summed E-state index contributed by atoms with van der Waals surface area (Å²) < 4.78 is 1.05. The van der Waals surface area contributed by atoms with Gasteiger partial charge in [-0.25, -0.2) is 4.98 Å². The second-order valence-corrected chi connectivity index (χ2v) is 5.98. The van der Waals surface area contributed by atoms with Crippen LogP contribution in [0.2, 0.25) is 0 Å². The number of nitrogens with zero attached hydrogens (tertiary/aromatic N) is 2. The molecule has 0 saturated heterocycles. The molecule has 100 valence electrons. The molecule has 0 spiro atoms. The van der Waals surface area contributed by atoms with Crippen molar-refractivity contribution in [2.24, 2.45) is 0 Å². The number of carbonyl (C=O) groups excluding carboxylic acids is 1. The van der Waals surface area contributed by atoms with Crippen LogP contribution in [-0.4, -0.2) is 29.9 Å². The molecule has 0 aliphatic rings. The maximum absolute atomic E-state index is 12.3. The summed E-state index contributed by atoms with van der Waals surface area (Å²) in [5.74, 6) is 0.682. The summed E-state index contributed by atoms with van der Waals surface area (Å²) in [4.78, 5) is 19.2. The normalized spacial score (nSPS) is 10.3.